The number of nitrogens with one attached hydrogen (secondary N) is 1. The molecule has 3 aromatic rings. The number of thiazole rings is 1. The lowest BCUT2D eigenvalue weighted by Crippen LogP contribution is -2.11. The van der Waals surface area contributed by atoms with Crippen molar-refractivity contribution in [3.8, 4) is 17.6 Å². The second-order valence-electron chi connectivity index (χ2n) is 5.64. The molecule has 1 aromatic heterocycles. The molecular formula is C19H13N3O3S. The van der Waals surface area contributed by atoms with Gasteiger partial charge in [-0.3, -0.25) is 10.1 Å². The Bertz CT molecular complexity index is 1010. The Kier molecular flexibility index (Phi) is 4.25. The number of rotatable bonds is 4. The van der Waals surface area contributed by atoms with Gasteiger partial charge in [-0.25, -0.2) is 4.98 Å². The first-order chi connectivity index (χ1) is 12.7. The number of carbonyl (C=O) groups excluding carboxylic acids is 1. The minimum absolute atomic E-state index is 0.172. The molecule has 2 heterocycles. The van der Waals surface area contributed by atoms with E-state index < -0.39 is 0 Å². The van der Waals surface area contributed by atoms with Gasteiger partial charge in [-0.1, -0.05) is 12.1 Å². The molecule has 128 valence electrons. The summed E-state index contributed by atoms with van der Waals surface area (Å²) in [6.07, 6.45) is 2.45. The van der Waals surface area contributed by atoms with Crippen LogP contribution in [0.4, 0.5) is 5.13 Å². The van der Waals surface area contributed by atoms with Crippen LogP contribution >= 0.6 is 11.3 Å². The van der Waals surface area contributed by atoms with E-state index in [4.69, 9.17) is 14.7 Å². The summed E-state index contributed by atoms with van der Waals surface area (Å²) >= 11 is 1.42. The summed E-state index contributed by atoms with van der Waals surface area (Å²) in [7, 11) is 0. The lowest BCUT2D eigenvalue weighted by atomic mass is 10.1. The van der Waals surface area contributed by atoms with Crippen LogP contribution in [0.5, 0.6) is 11.5 Å². The third kappa shape index (κ3) is 3.36. The maximum Gasteiger partial charge on any atom is 0.257 e. The molecule has 6 nitrogen and oxygen atoms in total. The van der Waals surface area contributed by atoms with Crippen molar-refractivity contribution >= 4 is 22.4 Å². The molecule has 0 atom stereocenters. The largest absolute Gasteiger partial charge is 0.454 e. The summed E-state index contributed by atoms with van der Waals surface area (Å²) in [5.41, 5.74) is 2.20. The van der Waals surface area contributed by atoms with Gasteiger partial charge < -0.3 is 9.47 Å². The van der Waals surface area contributed by atoms with Crippen LogP contribution in [0.25, 0.3) is 0 Å². The first kappa shape index (κ1) is 16.1. The van der Waals surface area contributed by atoms with Crippen molar-refractivity contribution in [2.24, 2.45) is 0 Å². The molecule has 0 saturated heterocycles. The molecule has 0 saturated carbocycles. The molecule has 2 aromatic carbocycles. The number of benzene rings is 2. The predicted molar refractivity (Wildman–Crippen MR) is 96.6 cm³/mol. The predicted octanol–water partition coefficient (Wildman–Crippen LogP) is 3.59. The minimum atomic E-state index is -0.248. The topological polar surface area (TPSA) is 84.2 Å². The number of ether oxygens (including phenoxy) is 2. The van der Waals surface area contributed by atoms with Gasteiger partial charge in [-0.05, 0) is 35.9 Å². The third-order valence-electron chi connectivity index (χ3n) is 3.87. The van der Waals surface area contributed by atoms with Crippen molar-refractivity contribution in [2.45, 2.75) is 6.42 Å². The molecule has 7 heteroatoms. The van der Waals surface area contributed by atoms with E-state index in [-0.39, 0.29) is 12.7 Å². The number of nitriles is 1. The summed E-state index contributed by atoms with van der Waals surface area (Å²) in [6.45, 7) is 0.172. The van der Waals surface area contributed by atoms with Crippen LogP contribution in [0.1, 0.15) is 26.4 Å². The summed E-state index contributed by atoms with van der Waals surface area (Å²) in [6, 6.07) is 14.6. The highest BCUT2D eigenvalue weighted by Gasteiger charge is 2.17. The van der Waals surface area contributed by atoms with E-state index in [1.165, 1.54) is 11.3 Å². The molecule has 1 amide bonds. The summed E-state index contributed by atoms with van der Waals surface area (Å²) < 4.78 is 10.5. The maximum atomic E-state index is 12.4. The van der Waals surface area contributed by atoms with Crippen molar-refractivity contribution in [1.29, 1.82) is 5.26 Å². The third-order valence-corrected chi connectivity index (χ3v) is 4.78. The number of hydrogen-bond acceptors (Lipinski definition) is 6. The molecule has 0 bridgehead atoms. The van der Waals surface area contributed by atoms with Crippen molar-refractivity contribution in [3.63, 3.8) is 0 Å². The van der Waals surface area contributed by atoms with Gasteiger partial charge >= 0.3 is 0 Å². The first-order valence-corrected chi connectivity index (χ1v) is 8.68. The number of amides is 1. The van der Waals surface area contributed by atoms with Gasteiger partial charge in [-0.2, -0.15) is 5.26 Å². The molecule has 0 aliphatic carbocycles. The van der Waals surface area contributed by atoms with E-state index in [0.717, 1.165) is 10.4 Å². The Labute approximate surface area is 153 Å². The first-order valence-electron chi connectivity index (χ1n) is 7.86. The number of carbonyl (C=O) groups is 1. The van der Waals surface area contributed by atoms with E-state index in [0.29, 0.717) is 34.2 Å². The van der Waals surface area contributed by atoms with Gasteiger partial charge in [0.15, 0.2) is 16.6 Å². The van der Waals surface area contributed by atoms with Gasteiger partial charge in [0.05, 0.1) is 11.6 Å². The zero-order valence-corrected chi connectivity index (χ0v) is 14.4. The van der Waals surface area contributed by atoms with Crippen LogP contribution in [-0.2, 0) is 6.42 Å². The number of hydrogen-bond donors (Lipinski definition) is 1. The Morgan fingerprint density at radius 1 is 1.19 bits per heavy atom. The van der Waals surface area contributed by atoms with Crippen molar-refractivity contribution in [3.05, 3.63) is 70.2 Å². The maximum absolute atomic E-state index is 12.4. The summed E-state index contributed by atoms with van der Waals surface area (Å²) in [5.74, 6) is 0.960. The minimum Gasteiger partial charge on any atom is -0.454 e. The molecule has 1 aliphatic heterocycles. The van der Waals surface area contributed by atoms with E-state index in [2.05, 4.69) is 16.4 Å². The zero-order chi connectivity index (χ0) is 17.9. The average Bonchev–Trinajstić information content (AvgIpc) is 3.31. The smallest absolute Gasteiger partial charge is 0.257 e. The van der Waals surface area contributed by atoms with E-state index >= 15 is 0 Å². The molecule has 0 unspecified atom stereocenters. The van der Waals surface area contributed by atoms with Crippen LogP contribution in [0.15, 0.2) is 48.7 Å². The monoisotopic (exact) mass is 363 g/mol. The Morgan fingerprint density at radius 2 is 2.00 bits per heavy atom. The van der Waals surface area contributed by atoms with Gasteiger partial charge in [0.1, 0.15) is 0 Å². The zero-order valence-electron chi connectivity index (χ0n) is 13.6. The molecule has 0 fully saturated rings. The lowest BCUT2D eigenvalue weighted by Gasteiger charge is -2.03. The van der Waals surface area contributed by atoms with Crippen LogP contribution in [-0.4, -0.2) is 17.7 Å². The number of fused-ring (bicyclic) bond motifs is 1. The highest BCUT2D eigenvalue weighted by Crippen LogP contribution is 2.32. The second-order valence-corrected chi connectivity index (χ2v) is 6.75. The fourth-order valence-electron chi connectivity index (χ4n) is 2.55. The standard InChI is InChI=1S/C19H13N3O3S/c20-9-13-3-1-12(2-4-13)7-15-10-21-19(26-15)22-18(23)14-5-6-16-17(8-14)25-11-24-16/h1-6,8,10H,7,11H2,(H,21,22,23). The molecule has 1 N–H and O–H groups in total. The molecular weight excluding hydrogens is 350 g/mol. The molecule has 1 aliphatic rings. The second kappa shape index (κ2) is 6.86. The fraction of sp³-hybridized carbons (Fsp3) is 0.105. The number of nitrogens with zero attached hydrogens (tertiary/aromatic N) is 2. The lowest BCUT2D eigenvalue weighted by molar-refractivity contribution is 0.102. The molecule has 0 radical (unpaired) electrons. The van der Waals surface area contributed by atoms with E-state index in [9.17, 15) is 4.79 Å². The molecule has 26 heavy (non-hydrogen) atoms. The quantitative estimate of drug-likeness (QED) is 0.766. The summed E-state index contributed by atoms with van der Waals surface area (Å²) in [5, 5.41) is 12.2. The number of anilines is 1. The van der Waals surface area contributed by atoms with E-state index in [1.54, 1.807) is 36.5 Å². The van der Waals surface area contributed by atoms with Gasteiger partial charge in [0.2, 0.25) is 6.79 Å². The van der Waals surface area contributed by atoms with Crippen LogP contribution in [0.3, 0.4) is 0 Å². The fourth-order valence-corrected chi connectivity index (χ4v) is 3.39. The SMILES string of the molecule is N#Cc1ccc(Cc2cnc(NC(=O)c3ccc4c(c3)OCO4)s2)cc1. The molecule has 0 spiro atoms. The van der Waals surface area contributed by atoms with Crippen molar-refractivity contribution < 1.29 is 14.3 Å². The highest BCUT2D eigenvalue weighted by atomic mass is 32.1. The van der Waals surface area contributed by atoms with Gasteiger partial charge in [0, 0.05) is 23.1 Å². The normalized spacial score (nSPS) is 11.8. The number of aromatic nitrogens is 1. The van der Waals surface area contributed by atoms with Crippen LogP contribution < -0.4 is 14.8 Å². The van der Waals surface area contributed by atoms with Gasteiger partial charge in [-0.15, -0.1) is 11.3 Å². The van der Waals surface area contributed by atoms with Crippen molar-refractivity contribution in [2.75, 3.05) is 12.1 Å². The summed E-state index contributed by atoms with van der Waals surface area (Å²) in [4.78, 5) is 17.7. The Balaban J connectivity index is 1.43. The van der Waals surface area contributed by atoms with Crippen LogP contribution in [0.2, 0.25) is 0 Å². The average molecular weight is 363 g/mol. The van der Waals surface area contributed by atoms with E-state index in [1.807, 2.05) is 12.1 Å². The highest BCUT2D eigenvalue weighted by molar-refractivity contribution is 7.15. The van der Waals surface area contributed by atoms with Crippen LogP contribution in [0, 0.1) is 11.3 Å². The Morgan fingerprint density at radius 3 is 2.81 bits per heavy atom. The van der Waals surface area contributed by atoms with Gasteiger partial charge in [0.25, 0.3) is 5.91 Å². The molecule has 4 rings (SSSR count). The van der Waals surface area contributed by atoms with Crippen molar-refractivity contribution in [1.82, 2.24) is 4.98 Å². The Hall–Kier alpha value is -3.37.